The molecule has 0 aromatic heterocycles. The van der Waals surface area contributed by atoms with E-state index in [0.717, 1.165) is 5.56 Å². The van der Waals surface area contributed by atoms with Crippen LogP contribution in [0.2, 0.25) is 0 Å². The van der Waals surface area contributed by atoms with Crippen LogP contribution in [-0.4, -0.2) is 53.4 Å². The van der Waals surface area contributed by atoms with Gasteiger partial charge in [-0.15, -0.1) is 0 Å². The van der Waals surface area contributed by atoms with Gasteiger partial charge in [0.05, 0.1) is 12.6 Å². The van der Waals surface area contributed by atoms with Crippen LogP contribution in [0.15, 0.2) is 30.3 Å². The topological polar surface area (TPSA) is 97.3 Å². The Morgan fingerprint density at radius 2 is 1.95 bits per heavy atom. The Labute approximate surface area is 127 Å². The van der Waals surface area contributed by atoms with E-state index in [0.29, 0.717) is 0 Å². The summed E-state index contributed by atoms with van der Waals surface area (Å²) in [7, 11) is 0. The Morgan fingerprint density at radius 3 is 2.64 bits per heavy atom. The van der Waals surface area contributed by atoms with Crippen molar-refractivity contribution >= 4 is 5.91 Å². The molecular weight excluding hydrogens is 290 g/mol. The molecule has 22 heavy (non-hydrogen) atoms. The van der Waals surface area contributed by atoms with E-state index in [4.69, 9.17) is 14.2 Å². The second-order valence-electron chi connectivity index (χ2n) is 5.46. The van der Waals surface area contributed by atoms with E-state index in [1.165, 1.54) is 6.92 Å². The van der Waals surface area contributed by atoms with Crippen molar-refractivity contribution in [2.75, 3.05) is 6.61 Å². The van der Waals surface area contributed by atoms with Crippen LogP contribution >= 0.6 is 0 Å². The fraction of sp³-hybridized carbons (Fsp3) is 0.533. The molecule has 6 atom stereocenters. The van der Waals surface area contributed by atoms with Crippen LogP contribution in [0, 0.1) is 0 Å². The minimum atomic E-state index is -1.39. The van der Waals surface area contributed by atoms with Crippen molar-refractivity contribution in [3.63, 3.8) is 0 Å². The number of rotatable bonds is 2. The third-order valence-corrected chi connectivity index (χ3v) is 3.83. The van der Waals surface area contributed by atoms with Crippen molar-refractivity contribution in [1.29, 1.82) is 0 Å². The monoisotopic (exact) mass is 309 g/mol. The van der Waals surface area contributed by atoms with Gasteiger partial charge in [-0.3, -0.25) is 4.79 Å². The zero-order valence-electron chi connectivity index (χ0n) is 12.1. The van der Waals surface area contributed by atoms with Gasteiger partial charge in [-0.25, -0.2) is 0 Å². The molecule has 3 N–H and O–H groups in total. The maximum atomic E-state index is 11.4. The number of carbonyl (C=O) groups is 1. The quantitative estimate of drug-likeness (QED) is 0.693. The number of benzene rings is 1. The maximum absolute atomic E-state index is 11.4. The lowest BCUT2D eigenvalue weighted by atomic mass is 9.95. The molecule has 0 bridgehead atoms. The number of amides is 1. The second kappa shape index (κ2) is 6.31. The molecule has 2 heterocycles. The van der Waals surface area contributed by atoms with Crippen molar-refractivity contribution in [2.45, 2.75) is 43.9 Å². The highest BCUT2D eigenvalue weighted by Gasteiger charge is 2.49. The van der Waals surface area contributed by atoms with Gasteiger partial charge in [0.2, 0.25) is 5.91 Å². The molecule has 1 amide bonds. The molecule has 3 rings (SSSR count). The molecule has 2 aliphatic heterocycles. The van der Waals surface area contributed by atoms with E-state index in [1.54, 1.807) is 0 Å². The molecule has 2 saturated heterocycles. The summed E-state index contributed by atoms with van der Waals surface area (Å²) in [4.78, 5) is 11.4. The lowest BCUT2D eigenvalue weighted by Crippen LogP contribution is -2.66. The van der Waals surface area contributed by atoms with Crippen molar-refractivity contribution < 1.29 is 29.2 Å². The summed E-state index contributed by atoms with van der Waals surface area (Å²) in [6.45, 7) is 1.54. The Balaban J connectivity index is 1.80. The summed E-state index contributed by atoms with van der Waals surface area (Å²) in [5, 5.41) is 22.4. The molecule has 0 aliphatic carbocycles. The molecule has 0 spiro atoms. The lowest BCUT2D eigenvalue weighted by molar-refractivity contribution is -0.336. The minimum absolute atomic E-state index is 0.199. The van der Waals surface area contributed by atoms with Crippen LogP contribution in [-0.2, 0) is 19.0 Å². The van der Waals surface area contributed by atoms with E-state index in [9.17, 15) is 15.0 Å². The first-order chi connectivity index (χ1) is 10.6. The highest BCUT2D eigenvalue weighted by molar-refractivity contribution is 5.73. The zero-order valence-corrected chi connectivity index (χ0v) is 12.1. The number of ether oxygens (including phenoxy) is 3. The smallest absolute Gasteiger partial charge is 0.217 e. The molecule has 1 aromatic carbocycles. The van der Waals surface area contributed by atoms with Crippen LogP contribution in [0.3, 0.4) is 0 Å². The Morgan fingerprint density at radius 1 is 1.23 bits per heavy atom. The maximum Gasteiger partial charge on any atom is 0.217 e. The molecule has 1 unspecified atom stereocenters. The number of fused-ring (bicyclic) bond motifs is 1. The van der Waals surface area contributed by atoms with Crippen LogP contribution in [0.5, 0.6) is 0 Å². The fourth-order valence-corrected chi connectivity index (χ4v) is 2.80. The molecular formula is C15H19NO6. The van der Waals surface area contributed by atoms with Crippen LogP contribution in [0.25, 0.3) is 0 Å². The fourth-order valence-electron chi connectivity index (χ4n) is 2.80. The number of aliphatic hydroxyl groups is 2. The SMILES string of the molecule is CC(=O)N[C@@H]1[C@@H](O)[C@@H](O)O[C@@H]2COC(c3ccccc3)O[C@@H]12. The average molecular weight is 309 g/mol. The minimum Gasteiger partial charge on any atom is -0.386 e. The average Bonchev–Trinajstić information content (AvgIpc) is 2.52. The number of carbonyl (C=O) groups excluding carboxylic acids is 1. The van der Waals surface area contributed by atoms with Gasteiger partial charge in [-0.05, 0) is 0 Å². The predicted octanol–water partition coefficient (Wildman–Crippen LogP) is -0.317. The molecule has 7 nitrogen and oxygen atoms in total. The molecule has 120 valence electrons. The summed E-state index contributed by atoms with van der Waals surface area (Å²) in [6, 6.07) is 8.60. The third-order valence-electron chi connectivity index (χ3n) is 3.83. The van der Waals surface area contributed by atoms with Crippen molar-refractivity contribution in [1.82, 2.24) is 5.32 Å². The van der Waals surface area contributed by atoms with E-state index >= 15 is 0 Å². The van der Waals surface area contributed by atoms with Gasteiger partial charge in [0.1, 0.15) is 18.3 Å². The molecule has 2 aliphatic rings. The van der Waals surface area contributed by atoms with E-state index in [1.807, 2.05) is 30.3 Å². The van der Waals surface area contributed by atoms with Gasteiger partial charge in [-0.2, -0.15) is 0 Å². The molecule has 0 radical (unpaired) electrons. The number of nitrogens with one attached hydrogen (secondary N) is 1. The van der Waals surface area contributed by atoms with Crippen LogP contribution in [0.1, 0.15) is 18.8 Å². The van der Waals surface area contributed by atoms with Gasteiger partial charge in [0.15, 0.2) is 12.6 Å². The number of aliphatic hydroxyl groups excluding tert-OH is 2. The second-order valence-corrected chi connectivity index (χ2v) is 5.46. The summed E-state index contributed by atoms with van der Waals surface area (Å²) < 4.78 is 16.8. The highest BCUT2D eigenvalue weighted by Crippen LogP contribution is 2.33. The van der Waals surface area contributed by atoms with Crippen molar-refractivity contribution in [3.05, 3.63) is 35.9 Å². The van der Waals surface area contributed by atoms with Gasteiger partial charge < -0.3 is 29.7 Å². The standard InChI is InChI=1S/C15H19NO6/c1-8(17)16-11-12(18)14(19)21-10-7-20-15(22-13(10)11)9-5-3-2-4-6-9/h2-6,10-15,18-19H,7H2,1H3,(H,16,17)/t10-,11-,12-,13-,14+,15?/m1/s1. The van der Waals surface area contributed by atoms with Crippen LogP contribution in [0.4, 0.5) is 0 Å². The lowest BCUT2D eigenvalue weighted by Gasteiger charge is -2.47. The first-order valence-electron chi connectivity index (χ1n) is 7.17. The van der Waals surface area contributed by atoms with Gasteiger partial charge >= 0.3 is 0 Å². The number of hydrogen-bond donors (Lipinski definition) is 3. The molecule has 0 saturated carbocycles. The Hall–Kier alpha value is -1.51. The summed E-state index contributed by atoms with van der Waals surface area (Å²) in [5.74, 6) is -0.316. The Kier molecular flexibility index (Phi) is 4.42. The van der Waals surface area contributed by atoms with Crippen molar-refractivity contribution in [2.24, 2.45) is 0 Å². The van der Waals surface area contributed by atoms with Crippen molar-refractivity contribution in [3.8, 4) is 0 Å². The largest absolute Gasteiger partial charge is 0.386 e. The van der Waals surface area contributed by atoms with Gasteiger partial charge in [0, 0.05) is 12.5 Å². The van der Waals surface area contributed by atoms with E-state index in [2.05, 4.69) is 5.32 Å². The summed E-state index contributed by atoms with van der Waals surface area (Å²) in [5.41, 5.74) is 0.836. The molecule has 2 fully saturated rings. The predicted molar refractivity (Wildman–Crippen MR) is 74.5 cm³/mol. The zero-order chi connectivity index (χ0) is 15.7. The van der Waals surface area contributed by atoms with Crippen LogP contribution < -0.4 is 5.32 Å². The summed E-state index contributed by atoms with van der Waals surface area (Å²) >= 11 is 0. The van der Waals surface area contributed by atoms with E-state index in [-0.39, 0.29) is 12.5 Å². The summed E-state index contributed by atoms with van der Waals surface area (Å²) in [6.07, 6.45) is -4.43. The molecule has 7 heteroatoms. The Bertz CT molecular complexity index is 524. The first-order valence-corrected chi connectivity index (χ1v) is 7.17. The number of hydrogen-bond acceptors (Lipinski definition) is 6. The van der Waals surface area contributed by atoms with E-state index < -0.39 is 36.9 Å². The van der Waals surface area contributed by atoms with Gasteiger partial charge in [0.25, 0.3) is 0 Å². The normalized spacial score (nSPS) is 38.1. The highest BCUT2D eigenvalue weighted by atomic mass is 16.7. The first kappa shape index (κ1) is 15.4. The van der Waals surface area contributed by atoms with Gasteiger partial charge in [-0.1, -0.05) is 30.3 Å². The molecule has 1 aromatic rings. The third kappa shape index (κ3) is 2.99.